The lowest BCUT2D eigenvalue weighted by Crippen LogP contribution is -2.40. The molecule has 0 spiro atoms. The van der Waals surface area contributed by atoms with Crippen molar-refractivity contribution in [3.8, 4) is 0 Å². The Hall–Kier alpha value is -2.29. The number of nitrogens with one attached hydrogen (secondary N) is 1. The minimum absolute atomic E-state index is 0.0696. The van der Waals surface area contributed by atoms with Crippen LogP contribution in [0.4, 0.5) is 4.79 Å². The molecule has 0 unspecified atom stereocenters. The fourth-order valence-electron chi connectivity index (χ4n) is 2.70. The number of carbonyl (C=O) groups is 1. The summed E-state index contributed by atoms with van der Waals surface area (Å²) in [5, 5.41) is 2.93. The molecule has 3 heteroatoms. The molecule has 1 aliphatic rings. The van der Waals surface area contributed by atoms with E-state index >= 15 is 0 Å². The van der Waals surface area contributed by atoms with Gasteiger partial charge in [0, 0.05) is 0 Å². The predicted octanol–water partition coefficient (Wildman–Crippen LogP) is 3.25. The predicted molar refractivity (Wildman–Crippen MR) is 77.3 cm³/mol. The SMILES string of the molecule is C[C@]1(c2ccccc2)OC(=O)N[C@H]1Cc1ccccc1. The van der Waals surface area contributed by atoms with E-state index in [9.17, 15) is 4.79 Å². The smallest absolute Gasteiger partial charge is 0.408 e. The lowest BCUT2D eigenvalue weighted by atomic mass is 9.85. The largest absolute Gasteiger partial charge is 0.436 e. The Morgan fingerprint density at radius 1 is 1.05 bits per heavy atom. The summed E-state index contributed by atoms with van der Waals surface area (Å²) in [5.41, 5.74) is 1.57. The van der Waals surface area contributed by atoms with Gasteiger partial charge in [-0.1, -0.05) is 60.7 Å². The van der Waals surface area contributed by atoms with E-state index in [1.54, 1.807) is 0 Å². The zero-order chi connectivity index (χ0) is 14.0. The van der Waals surface area contributed by atoms with Gasteiger partial charge in [-0.2, -0.15) is 0 Å². The average molecular weight is 267 g/mol. The van der Waals surface area contributed by atoms with Crippen molar-refractivity contribution in [3.63, 3.8) is 0 Å². The van der Waals surface area contributed by atoms with Crippen LogP contribution in [0.2, 0.25) is 0 Å². The van der Waals surface area contributed by atoms with Crippen molar-refractivity contribution < 1.29 is 9.53 Å². The quantitative estimate of drug-likeness (QED) is 0.927. The Balaban J connectivity index is 1.91. The van der Waals surface area contributed by atoms with Gasteiger partial charge in [0.05, 0.1) is 6.04 Å². The molecular weight excluding hydrogens is 250 g/mol. The van der Waals surface area contributed by atoms with Crippen LogP contribution in [0.3, 0.4) is 0 Å². The number of alkyl carbamates (subject to hydrolysis) is 1. The number of hydrogen-bond donors (Lipinski definition) is 1. The lowest BCUT2D eigenvalue weighted by Gasteiger charge is -2.29. The topological polar surface area (TPSA) is 38.3 Å². The monoisotopic (exact) mass is 267 g/mol. The molecule has 1 amide bonds. The van der Waals surface area contributed by atoms with E-state index in [0.29, 0.717) is 0 Å². The van der Waals surface area contributed by atoms with E-state index in [-0.39, 0.29) is 12.1 Å². The van der Waals surface area contributed by atoms with Gasteiger partial charge in [-0.25, -0.2) is 4.79 Å². The van der Waals surface area contributed by atoms with E-state index in [4.69, 9.17) is 4.74 Å². The number of rotatable bonds is 3. The first-order chi connectivity index (χ1) is 9.68. The summed E-state index contributed by atoms with van der Waals surface area (Å²) in [7, 11) is 0. The molecule has 20 heavy (non-hydrogen) atoms. The summed E-state index contributed by atoms with van der Waals surface area (Å²) in [6, 6.07) is 20.0. The molecule has 1 aliphatic heterocycles. The molecule has 0 bridgehead atoms. The van der Waals surface area contributed by atoms with E-state index in [0.717, 1.165) is 12.0 Å². The highest BCUT2D eigenvalue weighted by Crippen LogP contribution is 2.35. The van der Waals surface area contributed by atoms with Crippen molar-refractivity contribution in [2.24, 2.45) is 0 Å². The third kappa shape index (κ3) is 2.27. The van der Waals surface area contributed by atoms with Gasteiger partial charge < -0.3 is 10.1 Å². The summed E-state index contributed by atoms with van der Waals surface area (Å²) >= 11 is 0. The van der Waals surface area contributed by atoms with Gasteiger partial charge in [0.15, 0.2) is 5.60 Å². The van der Waals surface area contributed by atoms with Gasteiger partial charge in [-0.15, -0.1) is 0 Å². The summed E-state index contributed by atoms with van der Waals surface area (Å²) < 4.78 is 5.57. The molecule has 0 saturated carbocycles. The van der Waals surface area contributed by atoms with Crippen LogP contribution in [0.1, 0.15) is 18.1 Å². The minimum Gasteiger partial charge on any atom is -0.436 e. The van der Waals surface area contributed by atoms with Crippen LogP contribution < -0.4 is 5.32 Å². The van der Waals surface area contributed by atoms with Gasteiger partial charge in [0.1, 0.15) is 0 Å². The molecule has 102 valence electrons. The highest BCUT2D eigenvalue weighted by Gasteiger charge is 2.46. The zero-order valence-electron chi connectivity index (χ0n) is 11.4. The van der Waals surface area contributed by atoms with Crippen molar-refractivity contribution >= 4 is 6.09 Å². The summed E-state index contributed by atoms with van der Waals surface area (Å²) in [5.74, 6) is 0. The summed E-state index contributed by atoms with van der Waals surface area (Å²) in [6.07, 6.45) is 0.398. The molecule has 1 fully saturated rings. The van der Waals surface area contributed by atoms with E-state index < -0.39 is 5.60 Å². The summed E-state index contributed by atoms with van der Waals surface area (Å²) in [4.78, 5) is 11.7. The van der Waals surface area contributed by atoms with Gasteiger partial charge >= 0.3 is 6.09 Å². The van der Waals surface area contributed by atoms with E-state index in [1.807, 2.05) is 55.5 Å². The molecular formula is C17H17NO2. The number of cyclic esters (lactones) is 1. The Labute approximate surface area is 118 Å². The molecule has 2 atom stereocenters. The molecule has 0 aromatic heterocycles. The number of amides is 1. The van der Waals surface area contributed by atoms with Crippen molar-refractivity contribution in [1.29, 1.82) is 0 Å². The Kier molecular flexibility index (Phi) is 3.18. The molecule has 0 radical (unpaired) electrons. The van der Waals surface area contributed by atoms with Crippen molar-refractivity contribution in [2.45, 2.75) is 25.0 Å². The maximum absolute atomic E-state index is 11.7. The molecule has 0 aliphatic carbocycles. The second-order valence-corrected chi connectivity index (χ2v) is 5.25. The van der Waals surface area contributed by atoms with Crippen LogP contribution >= 0.6 is 0 Å². The maximum atomic E-state index is 11.7. The molecule has 2 aromatic rings. The van der Waals surface area contributed by atoms with Crippen LogP contribution in [-0.4, -0.2) is 12.1 Å². The normalized spacial score (nSPS) is 25.1. The Morgan fingerprint density at radius 2 is 1.65 bits per heavy atom. The maximum Gasteiger partial charge on any atom is 0.408 e. The van der Waals surface area contributed by atoms with Crippen molar-refractivity contribution in [3.05, 3.63) is 71.8 Å². The molecule has 1 N–H and O–H groups in total. The minimum atomic E-state index is -0.631. The average Bonchev–Trinajstić information content (AvgIpc) is 2.76. The Bertz CT molecular complexity index is 597. The second-order valence-electron chi connectivity index (χ2n) is 5.25. The first kappa shape index (κ1) is 12.7. The standard InChI is InChI=1S/C17H17NO2/c1-17(14-10-6-3-7-11-14)15(18-16(19)20-17)12-13-8-4-2-5-9-13/h2-11,15H,12H2,1H3,(H,18,19)/t15-,17+/m0/s1. The number of hydrogen-bond acceptors (Lipinski definition) is 2. The van der Waals surface area contributed by atoms with E-state index in [2.05, 4.69) is 17.4 Å². The van der Waals surface area contributed by atoms with Gasteiger partial charge in [0.2, 0.25) is 0 Å². The summed E-state index contributed by atoms with van der Waals surface area (Å²) in [6.45, 7) is 1.97. The van der Waals surface area contributed by atoms with Crippen molar-refractivity contribution in [1.82, 2.24) is 5.32 Å². The number of ether oxygens (including phenoxy) is 1. The van der Waals surface area contributed by atoms with Crippen LogP contribution in [0.25, 0.3) is 0 Å². The fraction of sp³-hybridized carbons (Fsp3) is 0.235. The van der Waals surface area contributed by atoms with Crippen LogP contribution in [0, 0.1) is 0 Å². The highest BCUT2D eigenvalue weighted by atomic mass is 16.6. The van der Waals surface area contributed by atoms with Gasteiger partial charge in [-0.3, -0.25) is 0 Å². The molecule has 2 aromatic carbocycles. The second kappa shape index (κ2) is 5.00. The van der Waals surface area contributed by atoms with Gasteiger partial charge in [0.25, 0.3) is 0 Å². The molecule has 1 heterocycles. The van der Waals surface area contributed by atoms with Crippen molar-refractivity contribution in [2.75, 3.05) is 0 Å². The highest BCUT2D eigenvalue weighted by molar-refractivity contribution is 5.71. The van der Waals surface area contributed by atoms with Crippen LogP contribution in [-0.2, 0) is 16.8 Å². The van der Waals surface area contributed by atoms with Crippen LogP contribution in [0.5, 0.6) is 0 Å². The van der Waals surface area contributed by atoms with Crippen LogP contribution in [0.15, 0.2) is 60.7 Å². The number of carbonyl (C=O) groups excluding carboxylic acids is 1. The first-order valence-electron chi connectivity index (χ1n) is 6.77. The zero-order valence-corrected chi connectivity index (χ0v) is 11.4. The molecule has 1 saturated heterocycles. The first-order valence-corrected chi connectivity index (χ1v) is 6.77. The lowest BCUT2D eigenvalue weighted by molar-refractivity contribution is 0.0497. The third-order valence-electron chi connectivity index (χ3n) is 3.89. The molecule has 3 nitrogen and oxygen atoms in total. The van der Waals surface area contributed by atoms with E-state index in [1.165, 1.54) is 5.56 Å². The number of benzene rings is 2. The fourth-order valence-corrected chi connectivity index (χ4v) is 2.70. The third-order valence-corrected chi connectivity index (χ3v) is 3.89. The molecule has 3 rings (SSSR count). The van der Waals surface area contributed by atoms with Gasteiger partial charge in [-0.05, 0) is 24.5 Å². The Morgan fingerprint density at radius 3 is 2.30 bits per heavy atom.